The number of carbonyl (C=O) groups excluding carboxylic acids is 1. The van der Waals surface area contributed by atoms with Crippen molar-refractivity contribution >= 4 is 18.5 Å². The topological polar surface area (TPSA) is 118 Å². The zero-order chi connectivity index (χ0) is 29.2. The van der Waals surface area contributed by atoms with Gasteiger partial charge in [-0.1, -0.05) is 0 Å². The number of imidazole rings is 1. The number of hydrogen-bond donors (Lipinski definition) is 2. The molecule has 2 atom stereocenters. The Morgan fingerprint density at radius 3 is 2.48 bits per heavy atom. The quantitative estimate of drug-likeness (QED) is 0.221. The Morgan fingerprint density at radius 1 is 1.20 bits per heavy atom. The van der Waals surface area contributed by atoms with Crippen molar-refractivity contribution < 1.29 is 26.7 Å². The first-order valence-electron chi connectivity index (χ1n) is 12.7. The molecule has 0 aliphatic carbocycles. The molecule has 3 heterocycles. The van der Waals surface area contributed by atoms with Crippen molar-refractivity contribution in [2.75, 3.05) is 39.8 Å². The van der Waals surface area contributed by atoms with Crippen LogP contribution in [0.5, 0.6) is 0 Å². The van der Waals surface area contributed by atoms with Crippen LogP contribution >= 0.6 is 0 Å². The number of amidine groups is 1. The molecule has 14 heteroatoms. The number of aliphatic imine (C=N–C) groups is 2. The molecule has 4 rings (SSSR count). The summed E-state index contributed by atoms with van der Waals surface area (Å²) in [6, 6.07) is 2.70. The van der Waals surface area contributed by atoms with E-state index in [1.807, 2.05) is 0 Å². The number of rotatable bonds is 8. The second kappa shape index (κ2) is 11.7. The Bertz CT molecular complexity index is 1330. The average Bonchev–Trinajstić information content (AvgIpc) is 3.28. The van der Waals surface area contributed by atoms with Gasteiger partial charge in [-0.3, -0.25) is 9.79 Å². The molecular weight excluding hydrogens is 535 g/mol. The van der Waals surface area contributed by atoms with Crippen LogP contribution in [0.4, 0.5) is 22.0 Å². The van der Waals surface area contributed by atoms with E-state index < -0.39 is 35.6 Å². The Labute approximate surface area is 228 Å². The van der Waals surface area contributed by atoms with Gasteiger partial charge in [-0.05, 0) is 50.8 Å². The molecule has 40 heavy (non-hydrogen) atoms. The van der Waals surface area contributed by atoms with Gasteiger partial charge in [0, 0.05) is 38.4 Å². The minimum Gasteiger partial charge on any atom is -0.383 e. The van der Waals surface area contributed by atoms with Gasteiger partial charge in [-0.25, -0.2) is 18.8 Å². The lowest BCUT2D eigenvalue weighted by Crippen LogP contribution is -2.47. The maximum absolute atomic E-state index is 15.8. The lowest BCUT2D eigenvalue weighted by molar-refractivity contribution is -0.140. The van der Waals surface area contributed by atoms with Crippen LogP contribution < -0.4 is 11.5 Å². The third kappa shape index (κ3) is 6.01. The molecule has 1 amide bonds. The highest BCUT2D eigenvalue weighted by molar-refractivity contribution is 6.20. The Balaban J connectivity index is 1.64. The first-order valence-corrected chi connectivity index (χ1v) is 12.7. The van der Waals surface area contributed by atoms with Gasteiger partial charge in [0.25, 0.3) is 5.91 Å². The summed E-state index contributed by atoms with van der Waals surface area (Å²) < 4.78 is 71.5. The van der Waals surface area contributed by atoms with Crippen LogP contribution in [0.1, 0.15) is 30.1 Å². The van der Waals surface area contributed by atoms with E-state index in [2.05, 4.69) is 26.6 Å². The molecule has 2 fully saturated rings. The third-order valence-electron chi connectivity index (χ3n) is 7.26. The van der Waals surface area contributed by atoms with Gasteiger partial charge >= 0.3 is 6.18 Å². The third-order valence-corrected chi connectivity index (χ3v) is 7.26. The molecule has 2 aliphatic rings. The highest BCUT2D eigenvalue weighted by Gasteiger charge is 2.38. The van der Waals surface area contributed by atoms with Gasteiger partial charge in [-0.15, -0.1) is 0 Å². The van der Waals surface area contributed by atoms with E-state index in [0.717, 1.165) is 31.6 Å². The minimum absolute atomic E-state index is 0.0783. The van der Waals surface area contributed by atoms with Crippen molar-refractivity contribution in [1.82, 2.24) is 19.4 Å². The fourth-order valence-corrected chi connectivity index (χ4v) is 5.03. The van der Waals surface area contributed by atoms with Gasteiger partial charge in [0.05, 0.1) is 23.7 Å². The van der Waals surface area contributed by atoms with Crippen molar-refractivity contribution in [2.24, 2.45) is 21.5 Å². The first-order chi connectivity index (χ1) is 18.9. The van der Waals surface area contributed by atoms with E-state index in [4.69, 9.17) is 11.5 Å². The lowest BCUT2D eigenvalue weighted by Gasteiger charge is -2.37. The second-order valence-electron chi connectivity index (χ2n) is 9.75. The predicted molar refractivity (Wildman–Crippen MR) is 141 cm³/mol. The lowest BCUT2D eigenvalue weighted by atomic mass is 9.93. The zero-order valence-electron chi connectivity index (χ0n) is 22.0. The number of piperidine rings is 1. The van der Waals surface area contributed by atoms with E-state index >= 15 is 4.39 Å². The van der Waals surface area contributed by atoms with Crippen LogP contribution in [0.3, 0.4) is 0 Å². The maximum atomic E-state index is 15.8. The number of aromatic nitrogens is 2. The Morgan fingerprint density at radius 2 is 1.93 bits per heavy atom. The van der Waals surface area contributed by atoms with Crippen LogP contribution in [0.2, 0.25) is 0 Å². The Hall–Kier alpha value is -3.81. The number of hydrogen-bond acceptors (Lipinski definition) is 6. The van der Waals surface area contributed by atoms with Crippen molar-refractivity contribution in [3.8, 4) is 11.3 Å². The summed E-state index contributed by atoms with van der Waals surface area (Å²) in [5, 5.41) is 0. The molecule has 0 bridgehead atoms. The first kappa shape index (κ1) is 29.2. The highest BCUT2D eigenvalue weighted by Crippen LogP contribution is 2.36. The summed E-state index contributed by atoms with van der Waals surface area (Å²) in [7, 11) is 1.42. The summed E-state index contributed by atoms with van der Waals surface area (Å²) in [6.07, 6.45) is -3.43. The molecule has 2 saturated heterocycles. The minimum atomic E-state index is -4.87. The fourth-order valence-electron chi connectivity index (χ4n) is 5.03. The number of alkyl halides is 4. The number of primary amides is 1. The number of nitrogens with two attached hydrogens (primary N) is 2. The van der Waals surface area contributed by atoms with Crippen LogP contribution in [0.25, 0.3) is 11.3 Å². The fraction of sp³-hybridized carbons (Fsp3) is 0.462. The van der Waals surface area contributed by atoms with Crippen molar-refractivity contribution in [2.45, 2.75) is 37.7 Å². The molecule has 0 unspecified atom stereocenters. The van der Waals surface area contributed by atoms with E-state index in [1.165, 1.54) is 13.1 Å². The van der Waals surface area contributed by atoms with E-state index in [1.54, 1.807) is 15.7 Å². The molecule has 4 N–H and O–H groups in total. The van der Waals surface area contributed by atoms with Gasteiger partial charge < -0.3 is 25.8 Å². The van der Waals surface area contributed by atoms with Gasteiger partial charge in [0.2, 0.25) is 0 Å². The molecular formula is C26H31F5N8O. The van der Waals surface area contributed by atoms with Crippen LogP contribution in [0.15, 0.2) is 45.8 Å². The Kier molecular flexibility index (Phi) is 8.57. The monoisotopic (exact) mass is 566 g/mol. The number of amides is 1. The summed E-state index contributed by atoms with van der Waals surface area (Å²) in [4.78, 5) is 28.0. The summed E-state index contributed by atoms with van der Waals surface area (Å²) in [5.74, 6) is -2.71. The van der Waals surface area contributed by atoms with E-state index in [0.29, 0.717) is 18.9 Å². The van der Waals surface area contributed by atoms with Crippen LogP contribution in [0, 0.1) is 5.82 Å². The van der Waals surface area contributed by atoms with Crippen LogP contribution in [-0.4, -0.2) is 83.8 Å². The van der Waals surface area contributed by atoms with E-state index in [9.17, 15) is 22.4 Å². The van der Waals surface area contributed by atoms with Crippen molar-refractivity contribution in [3.63, 3.8) is 0 Å². The summed E-state index contributed by atoms with van der Waals surface area (Å²) in [5.41, 5.74) is 9.97. The number of carbonyl (C=O) groups is 1. The smallest absolute Gasteiger partial charge is 0.383 e. The van der Waals surface area contributed by atoms with Gasteiger partial charge in [0.1, 0.15) is 35.0 Å². The highest BCUT2D eigenvalue weighted by atomic mass is 19.4. The molecule has 0 saturated carbocycles. The van der Waals surface area contributed by atoms with E-state index in [-0.39, 0.29) is 48.0 Å². The molecule has 1 aromatic heterocycles. The number of nitrogens with zero attached hydrogens (tertiary/aromatic N) is 6. The van der Waals surface area contributed by atoms with Crippen molar-refractivity contribution in [1.29, 1.82) is 0 Å². The number of likely N-dealkylation sites (tertiary alicyclic amines) is 2. The van der Waals surface area contributed by atoms with Crippen molar-refractivity contribution in [3.05, 3.63) is 53.0 Å². The SMILES string of the molecule is C=N/C(N)=C(C(N)=O)\C(=N/C)N1CC[C@@H](c2nc(-c3ccc(F)c(C(F)(F)F)c3)cn2CCN2CCC2)[C@H](F)C1. The second-order valence-corrected chi connectivity index (χ2v) is 9.75. The molecule has 0 radical (unpaired) electrons. The summed E-state index contributed by atoms with van der Waals surface area (Å²) in [6.45, 7) is 6.41. The predicted octanol–water partition coefficient (Wildman–Crippen LogP) is 2.93. The normalized spacial score (nSPS) is 21.1. The van der Waals surface area contributed by atoms with Crippen LogP contribution in [-0.2, 0) is 17.5 Å². The molecule has 0 spiro atoms. The molecule has 2 aliphatic heterocycles. The molecule has 2 aromatic rings. The number of halogens is 5. The number of benzene rings is 1. The standard InChI is InChI=1S/C26H31F5N8O/c1-34-22(32)21(23(33)40)25(35-2)38-9-6-16(19(28)13-38)24-36-20(14-39(24)11-10-37-7-3-8-37)15-4-5-18(27)17(12-15)26(29,30)31/h4-5,12,14,16,19H,1,3,6-11,13,32H2,2H3,(H2,33,40)/b22-21-,35-25+/t16-,19-/m1/s1. The van der Waals surface area contributed by atoms with Gasteiger partial charge in [-0.2, -0.15) is 13.2 Å². The average molecular weight is 567 g/mol. The molecule has 9 nitrogen and oxygen atoms in total. The molecule has 1 aromatic carbocycles. The molecule has 216 valence electrons. The largest absolute Gasteiger partial charge is 0.419 e. The van der Waals surface area contributed by atoms with Gasteiger partial charge in [0.15, 0.2) is 0 Å². The summed E-state index contributed by atoms with van der Waals surface area (Å²) >= 11 is 0. The maximum Gasteiger partial charge on any atom is 0.419 e. The zero-order valence-corrected chi connectivity index (χ0v) is 22.0.